The van der Waals surface area contributed by atoms with E-state index in [1.807, 2.05) is 12.2 Å². The third-order valence-corrected chi connectivity index (χ3v) is 1.64. The summed E-state index contributed by atoms with van der Waals surface area (Å²) in [5, 5.41) is 0. The van der Waals surface area contributed by atoms with Crippen molar-refractivity contribution in [3.05, 3.63) is 47.7 Å². The van der Waals surface area contributed by atoms with Crippen LogP contribution in [0, 0.1) is 0 Å². The lowest BCUT2D eigenvalue weighted by atomic mass is 10.0. The lowest BCUT2D eigenvalue weighted by Crippen LogP contribution is -1.84. The van der Waals surface area contributed by atoms with Gasteiger partial charge in [0, 0.05) is 0 Å². The Morgan fingerprint density at radius 3 is 2.82 bits per heavy atom. The van der Waals surface area contributed by atoms with Gasteiger partial charge in [0.05, 0.1) is 0 Å². The van der Waals surface area contributed by atoms with Gasteiger partial charge in [-0.3, -0.25) is 0 Å². The maximum absolute atomic E-state index is 5.21. The van der Waals surface area contributed by atoms with Crippen LogP contribution in [-0.2, 0) is 0 Å². The summed E-state index contributed by atoms with van der Waals surface area (Å²) in [6.45, 7) is 2.10. The summed E-state index contributed by atoms with van der Waals surface area (Å²) >= 11 is 0. The van der Waals surface area contributed by atoms with Crippen molar-refractivity contribution in [2.75, 3.05) is 0 Å². The quantitative estimate of drug-likeness (QED) is 0.605. The van der Waals surface area contributed by atoms with E-state index < -0.39 is 0 Å². The van der Waals surface area contributed by atoms with Gasteiger partial charge >= 0.3 is 0 Å². The van der Waals surface area contributed by atoms with Gasteiger partial charge in [-0.2, -0.15) is 0 Å². The molecular weight excluding hydrogens is 134 g/mol. The van der Waals surface area contributed by atoms with Crippen LogP contribution in [0.3, 0.4) is 0 Å². The molecule has 58 valence electrons. The Bertz CT molecular complexity index is 242. The summed E-state index contributed by atoms with van der Waals surface area (Å²) < 4.78 is 0. The molecule has 1 aliphatic carbocycles. The highest BCUT2D eigenvalue weighted by Crippen LogP contribution is 2.14. The molecule has 0 aromatic carbocycles. The van der Waals surface area contributed by atoms with Crippen molar-refractivity contribution in [2.45, 2.75) is 13.3 Å². The molecule has 0 amide bonds. The summed E-state index contributed by atoms with van der Waals surface area (Å²) in [5.41, 5.74) is 7.84. The van der Waals surface area contributed by atoms with E-state index in [4.69, 9.17) is 5.73 Å². The smallest absolute Gasteiger partial charge is 0.00623 e. The Kier molecular flexibility index (Phi) is 2.73. The van der Waals surface area contributed by atoms with Crippen molar-refractivity contribution in [1.29, 1.82) is 0 Å². The predicted octanol–water partition coefficient (Wildman–Crippen LogP) is 2.29. The highest BCUT2D eigenvalue weighted by molar-refractivity contribution is 5.35. The molecule has 1 heteroatoms. The second-order valence-corrected chi connectivity index (χ2v) is 2.61. The molecule has 2 N–H and O–H groups in total. The summed E-state index contributed by atoms with van der Waals surface area (Å²) in [6.07, 6.45) is 12.9. The zero-order chi connectivity index (χ0) is 8.10. The minimum absolute atomic E-state index is 1.02. The van der Waals surface area contributed by atoms with Gasteiger partial charge in [-0.15, -0.1) is 0 Å². The van der Waals surface area contributed by atoms with E-state index in [2.05, 4.69) is 25.2 Å². The van der Waals surface area contributed by atoms with E-state index in [9.17, 15) is 0 Å². The Balaban J connectivity index is 2.62. The van der Waals surface area contributed by atoms with Crippen LogP contribution in [-0.4, -0.2) is 0 Å². The molecule has 0 atom stereocenters. The fraction of sp³-hybridized carbons (Fsp3) is 0.200. The van der Waals surface area contributed by atoms with Gasteiger partial charge in [-0.1, -0.05) is 29.9 Å². The molecular formula is C10H13N. The van der Waals surface area contributed by atoms with Crippen molar-refractivity contribution in [3.8, 4) is 0 Å². The Labute approximate surface area is 67.6 Å². The number of rotatable bonds is 1. The van der Waals surface area contributed by atoms with Gasteiger partial charge in [-0.05, 0) is 31.2 Å². The van der Waals surface area contributed by atoms with Crippen LogP contribution in [0.15, 0.2) is 47.7 Å². The Hall–Kier alpha value is -1.24. The molecule has 11 heavy (non-hydrogen) atoms. The standard InChI is InChI=1S/C10H13N/c1-9-4-6-10(7-5-9)3-2-8-11/h2-6,8H,7,11H2,1H3/b8-2-,10-3-. The Morgan fingerprint density at radius 1 is 1.45 bits per heavy atom. The van der Waals surface area contributed by atoms with E-state index in [1.54, 1.807) is 6.20 Å². The summed E-state index contributed by atoms with van der Waals surface area (Å²) in [7, 11) is 0. The van der Waals surface area contributed by atoms with E-state index in [0.717, 1.165) is 6.42 Å². The maximum Gasteiger partial charge on any atom is -0.00623 e. The minimum atomic E-state index is 1.02. The first-order valence-electron chi connectivity index (χ1n) is 3.75. The second-order valence-electron chi connectivity index (χ2n) is 2.61. The molecule has 0 unspecified atom stereocenters. The summed E-state index contributed by atoms with van der Waals surface area (Å²) in [4.78, 5) is 0. The van der Waals surface area contributed by atoms with E-state index >= 15 is 0 Å². The maximum atomic E-state index is 5.21. The minimum Gasteiger partial charge on any atom is -0.405 e. The molecule has 1 nitrogen and oxygen atoms in total. The van der Waals surface area contributed by atoms with Crippen LogP contribution in [0.5, 0.6) is 0 Å². The molecule has 0 aromatic rings. The first-order chi connectivity index (χ1) is 5.33. The lowest BCUT2D eigenvalue weighted by Gasteiger charge is -2.03. The summed E-state index contributed by atoms with van der Waals surface area (Å²) in [5.74, 6) is 0. The van der Waals surface area contributed by atoms with Crippen molar-refractivity contribution in [2.24, 2.45) is 5.73 Å². The van der Waals surface area contributed by atoms with E-state index in [1.165, 1.54) is 11.1 Å². The van der Waals surface area contributed by atoms with Crippen molar-refractivity contribution in [3.63, 3.8) is 0 Å². The van der Waals surface area contributed by atoms with Crippen molar-refractivity contribution in [1.82, 2.24) is 0 Å². The normalized spacial score (nSPS) is 21.2. The average Bonchev–Trinajstić information content (AvgIpc) is 2.04. The van der Waals surface area contributed by atoms with Gasteiger partial charge in [-0.25, -0.2) is 0 Å². The summed E-state index contributed by atoms with van der Waals surface area (Å²) in [6, 6.07) is 0. The molecule has 0 saturated heterocycles. The van der Waals surface area contributed by atoms with Crippen LogP contribution < -0.4 is 5.73 Å². The van der Waals surface area contributed by atoms with Gasteiger partial charge in [0.2, 0.25) is 0 Å². The van der Waals surface area contributed by atoms with Gasteiger partial charge in [0.25, 0.3) is 0 Å². The SMILES string of the molecule is CC1=CC/C(=C\C=C/N)C=C1. The van der Waals surface area contributed by atoms with Crippen LogP contribution >= 0.6 is 0 Å². The van der Waals surface area contributed by atoms with E-state index in [-0.39, 0.29) is 0 Å². The lowest BCUT2D eigenvalue weighted by molar-refractivity contribution is 1.22. The van der Waals surface area contributed by atoms with Crippen LogP contribution in [0.25, 0.3) is 0 Å². The van der Waals surface area contributed by atoms with Gasteiger partial charge in [0.15, 0.2) is 0 Å². The molecule has 0 aromatic heterocycles. The molecule has 0 radical (unpaired) electrons. The highest BCUT2D eigenvalue weighted by Gasteiger charge is 1.94. The third kappa shape index (κ3) is 2.46. The van der Waals surface area contributed by atoms with Crippen LogP contribution in [0.4, 0.5) is 0 Å². The largest absolute Gasteiger partial charge is 0.405 e. The number of nitrogens with two attached hydrogens (primary N) is 1. The molecule has 0 bridgehead atoms. The van der Waals surface area contributed by atoms with E-state index in [0.29, 0.717) is 0 Å². The Morgan fingerprint density at radius 2 is 2.27 bits per heavy atom. The molecule has 0 heterocycles. The van der Waals surface area contributed by atoms with Crippen LogP contribution in [0.1, 0.15) is 13.3 Å². The molecule has 1 rings (SSSR count). The predicted molar refractivity (Wildman–Crippen MR) is 48.9 cm³/mol. The average molecular weight is 147 g/mol. The molecule has 0 fully saturated rings. The number of hydrogen-bond donors (Lipinski definition) is 1. The molecule has 0 spiro atoms. The van der Waals surface area contributed by atoms with Gasteiger partial charge < -0.3 is 5.73 Å². The fourth-order valence-electron chi connectivity index (χ4n) is 0.956. The van der Waals surface area contributed by atoms with Crippen LogP contribution in [0.2, 0.25) is 0 Å². The molecule has 0 saturated carbocycles. The van der Waals surface area contributed by atoms with Gasteiger partial charge in [0.1, 0.15) is 0 Å². The first-order valence-corrected chi connectivity index (χ1v) is 3.75. The molecule has 1 aliphatic rings. The van der Waals surface area contributed by atoms with Crippen molar-refractivity contribution >= 4 is 0 Å². The monoisotopic (exact) mass is 147 g/mol. The fourth-order valence-corrected chi connectivity index (χ4v) is 0.956. The second kappa shape index (κ2) is 3.81. The third-order valence-electron chi connectivity index (χ3n) is 1.64. The zero-order valence-corrected chi connectivity index (χ0v) is 6.75. The number of hydrogen-bond acceptors (Lipinski definition) is 1. The zero-order valence-electron chi connectivity index (χ0n) is 6.75. The topological polar surface area (TPSA) is 26.0 Å². The highest BCUT2D eigenvalue weighted by atomic mass is 14.5. The molecule has 0 aliphatic heterocycles. The van der Waals surface area contributed by atoms with Crippen molar-refractivity contribution < 1.29 is 0 Å². The number of allylic oxidation sites excluding steroid dienone is 7. The first kappa shape index (κ1) is 7.86.